The molecule has 2 aromatic heterocycles. The number of aryl methyl sites for hydroxylation is 3. The first-order valence-electron chi connectivity index (χ1n) is 7.83. The summed E-state index contributed by atoms with van der Waals surface area (Å²) >= 11 is 0. The summed E-state index contributed by atoms with van der Waals surface area (Å²) < 4.78 is 26.6. The Bertz CT molecular complexity index is 938. The number of benzene rings is 1. The van der Waals surface area contributed by atoms with Gasteiger partial charge in [0.25, 0.3) is 10.0 Å². The van der Waals surface area contributed by atoms with Crippen LogP contribution in [-0.2, 0) is 10.0 Å². The highest BCUT2D eigenvalue weighted by Crippen LogP contribution is 2.15. The summed E-state index contributed by atoms with van der Waals surface area (Å²) in [4.78, 5) is 12.1. The fourth-order valence-corrected chi connectivity index (χ4v) is 2.99. The maximum atomic E-state index is 12.1. The molecular formula is C18H21N5O2S. The minimum Gasteiger partial charge on any atom is -0.399 e. The Balaban J connectivity index is 0.000000290. The molecule has 0 saturated heterocycles. The molecule has 0 aliphatic carbocycles. The van der Waals surface area contributed by atoms with Gasteiger partial charge in [-0.1, -0.05) is 6.07 Å². The lowest BCUT2D eigenvalue weighted by Gasteiger charge is -2.08. The summed E-state index contributed by atoms with van der Waals surface area (Å²) in [5.41, 5.74) is 8.63. The van der Waals surface area contributed by atoms with Gasteiger partial charge in [0, 0.05) is 29.5 Å². The predicted molar refractivity (Wildman–Crippen MR) is 102 cm³/mol. The van der Waals surface area contributed by atoms with Crippen LogP contribution in [0.1, 0.15) is 17.0 Å². The van der Waals surface area contributed by atoms with E-state index in [9.17, 15) is 8.42 Å². The molecule has 0 aliphatic heterocycles. The zero-order valence-corrected chi connectivity index (χ0v) is 15.7. The highest BCUT2D eigenvalue weighted by Gasteiger charge is 2.15. The smallest absolute Gasteiger partial charge is 0.264 e. The molecule has 0 saturated carbocycles. The summed E-state index contributed by atoms with van der Waals surface area (Å²) in [5.74, 6) is 0.0642. The van der Waals surface area contributed by atoms with Crippen molar-refractivity contribution in [2.24, 2.45) is 0 Å². The van der Waals surface area contributed by atoms with E-state index in [2.05, 4.69) is 19.7 Å². The number of anilines is 2. The number of hydrogen-bond donors (Lipinski definition) is 2. The van der Waals surface area contributed by atoms with Crippen molar-refractivity contribution in [2.45, 2.75) is 25.7 Å². The van der Waals surface area contributed by atoms with Crippen LogP contribution in [0, 0.1) is 20.8 Å². The van der Waals surface area contributed by atoms with E-state index in [1.54, 1.807) is 26.1 Å². The molecule has 1 aromatic carbocycles. The third kappa shape index (κ3) is 5.82. The molecule has 3 rings (SSSR count). The summed E-state index contributed by atoms with van der Waals surface area (Å²) in [6.45, 7) is 5.57. The lowest BCUT2D eigenvalue weighted by atomic mass is 10.3. The van der Waals surface area contributed by atoms with Crippen LogP contribution in [0.15, 0.2) is 59.8 Å². The van der Waals surface area contributed by atoms with Gasteiger partial charge in [-0.25, -0.2) is 23.1 Å². The second kappa shape index (κ2) is 8.39. The molecule has 0 radical (unpaired) electrons. The molecule has 0 amide bonds. The van der Waals surface area contributed by atoms with Crippen molar-refractivity contribution >= 4 is 21.7 Å². The number of sulfonamides is 1. The first-order chi connectivity index (χ1) is 12.3. The largest absolute Gasteiger partial charge is 0.399 e. The van der Waals surface area contributed by atoms with E-state index < -0.39 is 10.0 Å². The molecule has 26 heavy (non-hydrogen) atoms. The van der Waals surface area contributed by atoms with Gasteiger partial charge in [-0.2, -0.15) is 0 Å². The lowest BCUT2D eigenvalue weighted by Crippen LogP contribution is -2.15. The van der Waals surface area contributed by atoms with E-state index in [0.29, 0.717) is 17.1 Å². The monoisotopic (exact) mass is 371 g/mol. The van der Waals surface area contributed by atoms with Gasteiger partial charge in [0.05, 0.1) is 4.90 Å². The summed E-state index contributed by atoms with van der Waals surface area (Å²) in [6, 6.07) is 11.6. The van der Waals surface area contributed by atoms with Gasteiger partial charge in [-0.15, -0.1) is 0 Å². The zero-order valence-electron chi connectivity index (χ0n) is 14.8. The van der Waals surface area contributed by atoms with E-state index in [-0.39, 0.29) is 10.8 Å². The highest BCUT2D eigenvalue weighted by molar-refractivity contribution is 7.92. The molecule has 0 fully saturated rings. The first kappa shape index (κ1) is 19.3. The number of nitrogen functional groups attached to an aromatic ring is 1. The number of aromatic nitrogens is 3. The molecule has 0 bridgehead atoms. The van der Waals surface area contributed by atoms with Crippen molar-refractivity contribution in [3.05, 3.63) is 71.8 Å². The molecule has 7 nitrogen and oxygen atoms in total. The van der Waals surface area contributed by atoms with Crippen molar-refractivity contribution in [3.63, 3.8) is 0 Å². The molecule has 0 unspecified atom stereocenters. The molecule has 136 valence electrons. The molecule has 0 spiro atoms. The van der Waals surface area contributed by atoms with Crippen molar-refractivity contribution in [1.29, 1.82) is 0 Å². The van der Waals surface area contributed by atoms with Crippen LogP contribution in [0.5, 0.6) is 0 Å². The Labute approximate surface area is 153 Å². The third-order valence-corrected chi connectivity index (χ3v) is 4.55. The van der Waals surface area contributed by atoms with Crippen LogP contribution in [0.4, 0.5) is 11.6 Å². The molecule has 0 aliphatic rings. The fraction of sp³-hybridized carbons (Fsp3) is 0.167. The van der Waals surface area contributed by atoms with E-state index in [0.717, 1.165) is 0 Å². The fourth-order valence-electron chi connectivity index (χ4n) is 2.05. The Morgan fingerprint density at radius 1 is 0.962 bits per heavy atom. The standard InChI is InChI=1S/C12H14N4O2S.C6H7N/c1-8-7-9(2)15-12(14-8)16-19(17,18)11-5-3-10(13)4-6-11;1-6-3-2-4-7-5-6/h3-7H,13H2,1-2H3,(H,14,15,16);2-5H,1H3. The maximum Gasteiger partial charge on any atom is 0.264 e. The predicted octanol–water partition coefficient (Wildman–Crippen LogP) is 2.87. The van der Waals surface area contributed by atoms with E-state index >= 15 is 0 Å². The Hall–Kier alpha value is -3.00. The van der Waals surface area contributed by atoms with Gasteiger partial charge in [0.2, 0.25) is 5.95 Å². The van der Waals surface area contributed by atoms with E-state index in [4.69, 9.17) is 5.73 Å². The Morgan fingerprint density at radius 3 is 2.04 bits per heavy atom. The van der Waals surface area contributed by atoms with E-state index in [1.807, 2.05) is 25.3 Å². The molecule has 3 N–H and O–H groups in total. The van der Waals surface area contributed by atoms with Crippen LogP contribution in [0.25, 0.3) is 0 Å². The summed E-state index contributed by atoms with van der Waals surface area (Å²) in [7, 11) is -3.69. The highest BCUT2D eigenvalue weighted by atomic mass is 32.2. The SMILES string of the molecule is Cc1cc(C)nc(NS(=O)(=O)c2ccc(N)cc2)n1.Cc1cccnc1. The molecular weight excluding hydrogens is 350 g/mol. The van der Waals surface area contributed by atoms with Crippen LogP contribution >= 0.6 is 0 Å². The average molecular weight is 371 g/mol. The van der Waals surface area contributed by atoms with Crippen LogP contribution in [0.3, 0.4) is 0 Å². The number of pyridine rings is 1. The van der Waals surface area contributed by atoms with Gasteiger partial charge in [-0.3, -0.25) is 4.98 Å². The van der Waals surface area contributed by atoms with Crippen LogP contribution in [0.2, 0.25) is 0 Å². The third-order valence-electron chi connectivity index (χ3n) is 3.21. The normalized spacial score (nSPS) is 10.6. The van der Waals surface area contributed by atoms with Gasteiger partial charge >= 0.3 is 0 Å². The second-order valence-corrected chi connectivity index (χ2v) is 7.36. The molecule has 2 heterocycles. The number of hydrogen-bond acceptors (Lipinski definition) is 6. The number of nitrogens with one attached hydrogen (secondary N) is 1. The van der Waals surface area contributed by atoms with Crippen LogP contribution in [-0.4, -0.2) is 23.4 Å². The van der Waals surface area contributed by atoms with Crippen molar-refractivity contribution in [1.82, 2.24) is 15.0 Å². The average Bonchev–Trinajstić information content (AvgIpc) is 2.55. The lowest BCUT2D eigenvalue weighted by molar-refractivity contribution is 0.601. The number of nitrogens with zero attached hydrogens (tertiary/aromatic N) is 3. The topological polar surface area (TPSA) is 111 Å². The quantitative estimate of drug-likeness (QED) is 0.685. The van der Waals surface area contributed by atoms with Crippen molar-refractivity contribution in [2.75, 3.05) is 10.5 Å². The van der Waals surface area contributed by atoms with Gasteiger partial charge in [0.15, 0.2) is 0 Å². The first-order valence-corrected chi connectivity index (χ1v) is 9.32. The van der Waals surface area contributed by atoms with Crippen molar-refractivity contribution < 1.29 is 8.42 Å². The summed E-state index contributed by atoms with van der Waals surface area (Å²) in [6.07, 6.45) is 3.60. The van der Waals surface area contributed by atoms with Gasteiger partial charge in [-0.05, 0) is 62.7 Å². The molecule has 0 atom stereocenters. The van der Waals surface area contributed by atoms with Gasteiger partial charge in [0.1, 0.15) is 0 Å². The number of nitrogens with two attached hydrogens (primary N) is 1. The van der Waals surface area contributed by atoms with Crippen molar-refractivity contribution in [3.8, 4) is 0 Å². The van der Waals surface area contributed by atoms with E-state index in [1.165, 1.54) is 29.8 Å². The molecule has 3 aromatic rings. The van der Waals surface area contributed by atoms with Crippen LogP contribution < -0.4 is 10.5 Å². The minimum atomic E-state index is -3.69. The minimum absolute atomic E-state index is 0.0642. The Kier molecular flexibility index (Phi) is 6.24. The van der Waals surface area contributed by atoms with Gasteiger partial charge < -0.3 is 5.73 Å². The number of rotatable bonds is 3. The Morgan fingerprint density at radius 2 is 1.58 bits per heavy atom. The second-order valence-electron chi connectivity index (χ2n) is 5.68. The zero-order chi connectivity index (χ0) is 19.2. The molecule has 8 heteroatoms. The maximum absolute atomic E-state index is 12.1. The summed E-state index contributed by atoms with van der Waals surface area (Å²) in [5, 5.41) is 0.